The van der Waals surface area contributed by atoms with Gasteiger partial charge in [-0.1, -0.05) is 30.3 Å². The van der Waals surface area contributed by atoms with Gasteiger partial charge in [0.2, 0.25) is 0 Å². The molecule has 2 aromatic carbocycles. The monoisotopic (exact) mass is 210 g/mol. The average Bonchev–Trinajstić information content (AvgIpc) is 2.30. The molecule has 16 heavy (non-hydrogen) atoms. The molecule has 1 aliphatic rings. The molecule has 0 amide bonds. The molecular weight excluding hydrogens is 196 g/mol. The third-order valence-electron chi connectivity index (χ3n) is 2.97. The normalized spacial score (nSPS) is 14.2. The fourth-order valence-corrected chi connectivity index (χ4v) is 2.28. The summed E-state index contributed by atoms with van der Waals surface area (Å²) >= 11 is 0. The van der Waals surface area contributed by atoms with Crippen LogP contribution in [0.25, 0.3) is 10.8 Å². The second-order valence-electron chi connectivity index (χ2n) is 4.07. The van der Waals surface area contributed by atoms with E-state index in [0.29, 0.717) is 0 Å². The Morgan fingerprint density at radius 3 is 2.25 bits per heavy atom. The van der Waals surface area contributed by atoms with Gasteiger partial charge < -0.3 is 10.6 Å². The van der Waals surface area contributed by atoms with Crippen molar-refractivity contribution in [3.8, 4) is 0 Å². The number of nitrogens with one attached hydrogen (secondary N) is 2. The molecule has 2 nitrogen and oxygen atoms in total. The lowest BCUT2D eigenvalue weighted by Crippen LogP contribution is -2.31. The molecule has 0 saturated heterocycles. The minimum Gasteiger partial charge on any atom is -0.365 e. The van der Waals surface area contributed by atoms with Gasteiger partial charge in [-0.3, -0.25) is 0 Å². The zero-order chi connectivity index (χ0) is 11.0. The van der Waals surface area contributed by atoms with Crippen molar-refractivity contribution in [3.05, 3.63) is 49.1 Å². The molecular formula is C14H14N2. The van der Waals surface area contributed by atoms with Crippen molar-refractivity contribution in [3.63, 3.8) is 0 Å². The molecule has 0 saturated carbocycles. The topological polar surface area (TPSA) is 24.1 Å². The lowest BCUT2D eigenvalue weighted by Gasteiger charge is -2.28. The predicted octanol–water partition coefficient (Wildman–Crippen LogP) is 3.58. The maximum absolute atomic E-state index is 3.78. The van der Waals surface area contributed by atoms with Crippen LogP contribution in [0.5, 0.6) is 0 Å². The highest BCUT2D eigenvalue weighted by atomic mass is 15.1. The Hall–Kier alpha value is -1.96. The maximum atomic E-state index is 3.78. The standard InChI is InChI=1S/C14H14N2/c1-2-5-13-15-11-8-3-6-10-7-4-9-12(16-13)14(10)11/h2-4,6-9,13,15-16H,1,5H2. The Morgan fingerprint density at radius 2 is 1.69 bits per heavy atom. The van der Waals surface area contributed by atoms with Crippen LogP contribution in [0.1, 0.15) is 6.42 Å². The third kappa shape index (κ3) is 1.34. The zero-order valence-electron chi connectivity index (χ0n) is 9.03. The maximum Gasteiger partial charge on any atom is 0.0999 e. The molecule has 0 fully saturated rings. The van der Waals surface area contributed by atoms with Crippen molar-refractivity contribution in [2.75, 3.05) is 10.6 Å². The van der Waals surface area contributed by atoms with Crippen molar-refractivity contribution in [1.82, 2.24) is 0 Å². The fraction of sp³-hybridized carbons (Fsp3) is 0.143. The van der Waals surface area contributed by atoms with Crippen LogP contribution in [0.4, 0.5) is 11.4 Å². The van der Waals surface area contributed by atoms with Crippen LogP contribution >= 0.6 is 0 Å². The summed E-state index contributed by atoms with van der Waals surface area (Å²) in [6.45, 7) is 3.78. The Labute approximate surface area is 95.0 Å². The van der Waals surface area contributed by atoms with E-state index in [2.05, 4.69) is 53.6 Å². The molecule has 80 valence electrons. The Morgan fingerprint density at radius 1 is 1.06 bits per heavy atom. The molecule has 2 aromatic rings. The van der Waals surface area contributed by atoms with Crippen LogP contribution in [-0.2, 0) is 0 Å². The first-order valence-corrected chi connectivity index (χ1v) is 5.54. The van der Waals surface area contributed by atoms with E-state index in [1.54, 1.807) is 0 Å². The van der Waals surface area contributed by atoms with Gasteiger partial charge in [-0.05, 0) is 17.5 Å². The summed E-state index contributed by atoms with van der Waals surface area (Å²) in [6.07, 6.45) is 3.08. The van der Waals surface area contributed by atoms with Gasteiger partial charge in [0.25, 0.3) is 0 Å². The largest absolute Gasteiger partial charge is 0.365 e. The van der Waals surface area contributed by atoms with Gasteiger partial charge in [-0.15, -0.1) is 6.58 Å². The van der Waals surface area contributed by atoms with Gasteiger partial charge in [0.15, 0.2) is 0 Å². The van der Waals surface area contributed by atoms with Gasteiger partial charge in [-0.25, -0.2) is 0 Å². The minimum atomic E-state index is 0.248. The number of benzene rings is 2. The highest BCUT2D eigenvalue weighted by Gasteiger charge is 2.16. The molecule has 0 bridgehead atoms. The Bertz CT molecular complexity index is 505. The van der Waals surface area contributed by atoms with Gasteiger partial charge in [0.1, 0.15) is 0 Å². The predicted molar refractivity (Wildman–Crippen MR) is 69.8 cm³/mol. The Kier molecular flexibility index (Phi) is 2.07. The smallest absolute Gasteiger partial charge is 0.0999 e. The average molecular weight is 210 g/mol. The fourth-order valence-electron chi connectivity index (χ4n) is 2.28. The number of hydrogen-bond donors (Lipinski definition) is 2. The van der Waals surface area contributed by atoms with E-state index in [1.165, 1.54) is 22.1 Å². The molecule has 1 heterocycles. The van der Waals surface area contributed by atoms with Crippen LogP contribution in [0, 0.1) is 0 Å². The van der Waals surface area contributed by atoms with Crippen LogP contribution < -0.4 is 10.6 Å². The van der Waals surface area contributed by atoms with E-state index in [0.717, 1.165) is 6.42 Å². The third-order valence-corrected chi connectivity index (χ3v) is 2.97. The van der Waals surface area contributed by atoms with Crippen LogP contribution in [0.3, 0.4) is 0 Å². The highest BCUT2D eigenvalue weighted by Crippen LogP contribution is 2.34. The van der Waals surface area contributed by atoms with Crippen molar-refractivity contribution >= 4 is 22.1 Å². The lowest BCUT2D eigenvalue weighted by molar-refractivity contribution is 0.826. The zero-order valence-corrected chi connectivity index (χ0v) is 9.03. The van der Waals surface area contributed by atoms with E-state index in [4.69, 9.17) is 0 Å². The van der Waals surface area contributed by atoms with E-state index >= 15 is 0 Å². The first-order valence-electron chi connectivity index (χ1n) is 5.54. The molecule has 0 radical (unpaired) electrons. The van der Waals surface area contributed by atoms with Crippen molar-refractivity contribution in [2.45, 2.75) is 12.6 Å². The van der Waals surface area contributed by atoms with E-state index < -0.39 is 0 Å². The van der Waals surface area contributed by atoms with Gasteiger partial charge >= 0.3 is 0 Å². The minimum absolute atomic E-state index is 0.248. The summed E-state index contributed by atoms with van der Waals surface area (Å²) in [5, 5.41) is 9.51. The first-order chi connectivity index (χ1) is 7.88. The van der Waals surface area contributed by atoms with Crippen LogP contribution in [0.2, 0.25) is 0 Å². The summed E-state index contributed by atoms with van der Waals surface area (Å²) in [7, 11) is 0. The Balaban J connectivity index is 2.16. The molecule has 0 aliphatic carbocycles. The highest BCUT2D eigenvalue weighted by molar-refractivity contribution is 6.04. The summed E-state index contributed by atoms with van der Waals surface area (Å²) in [4.78, 5) is 0. The molecule has 2 N–H and O–H groups in total. The van der Waals surface area contributed by atoms with Gasteiger partial charge in [-0.2, -0.15) is 0 Å². The molecule has 0 atom stereocenters. The molecule has 0 spiro atoms. The van der Waals surface area contributed by atoms with Crippen LogP contribution in [0.15, 0.2) is 49.1 Å². The quantitative estimate of drug-likeness (QED) is 0.740. The van der Waals surface area contributed by atoms with Crippen LogP contribution in [-0.4, -0.2) is 6.17 Å². The lowest BCUT2D eigenvalue weighted by atomic mass is 10.0. The van der Waals surface area contributed by atoms with E-state index in [-0.39, 0.29) is 6.17 Å². The van der Waals surface area contributed by atoms with Crippen molar-refractivity contribution in [1.29, 1.82) is 0 Å². The van der Waals surface area contributed by atoms with Crippen molar-refractivity contribution in [2.24, 2.45) is 0 Å². The first kappa shape index (κ1) is 9.28. The number of hydrogen-bond acceptors (Lipinski definition) is 2. The van der Waals surface area contributed by atoms with Gasteiger partial charge in [0.05, 0.1) is 6.17 Å². The van der Waals surface area contributed by atoms with E-state index in [9.17, 15) is 0 Å². The summed E-state index contributed by atoms with van der Waals surface area (Å²) in [6, 6.07) is 12.7. The van der Waals surface area contributed by atoms with Gasteiger partial charge in [0, 0.05) is 23.2 Å². The summed E-state index contributed by atoms with van der Waals surface area (Å²) in [5.41, 5.74) is 2.41. The molecule has 0 aromatic heterocycles. The number of anilines is 2. The molecule has 2 heteroatoms. The number of rotatable bonds is 2. The van der Waals surface area contributed by atoms with E-state index in [1.807, 2.05) is 6.08 Å². The molecule has 3 rings (SSSR count). The second kappa shape index (κ2) is 3.56. The van der Waals surface area contributed by atoms with Crippen molar-refractivity contribution < 1.29 is 0 Å². The molecule has 0 unspecified atom stereocenters. The molecule has 1 aliphatic heterocycles. The summed E-state index contributed by atoms with van der Waals surface area (Å²) < 4.78 is 0. The SMILES string of the molecule is C=CCC1Nc2cccc3cccc(c23)N1. The summed E-state index contributed by atoms with van der Waals surface area (Å²) in [5.74, 6) is 0. The second-order valence-corrected chi connectivity index (χ2v) is 4.07.